The van der Waals surface area contributed by atoms with Gasteiger partial charge in [0.15, 0.2) is 0 Å². The van der Waals surface area contributed by atoms with Crippen molar-refractivity contribution in [3.63, 3.8) is 0 Å². The van der Waals surface area contributed by atoms with Gasteiger partial charge in [-0.1, -0.05) is 13.8 Å². The molecule has 0 aromatic carbocycles. The fourth-order valence-corrected chi connectivity index (χ4v) is 5.55. The first-order valence-corrected chi connectivity index (χ1v) is 5.26. The third-order valence-corrected chi connectivity index (χ3v) is 5.46. The van der Waals surface area contributed by atoms with Gasteiger partial charge in [-0.2, -0.15) is 0 Å². The molecule has 60 valence electrons. The lowest BCUT2D eigenvalue weighted by atomic mass is 9.44. The summed E-state index contributed by atoms with van der Waals surface area (Å²) in [6, 6.07) is 0. The maximum Gasteiger partial charge on any atom is -0.0224 e. The van der Waals surface area contributed by atoms with Crippen LogP contribution in [0.15, 0.2) is 0 Å². The van der Waals surface area contributed by atoms with Gasteiger partial charge in [0.05, 0.1) is 0 Å². The van der Waals surface area contributed by atoms with Crippen LogP contribution in [-0.4, -0.2) is 0 Å². The highest BCUT2D eigenvalue weighted by Gasteiger charge is 2.87. The van der Waals surface area contributed by atoms with Crippen LogP contribution in [0.4, 0.5) is 0 Å². The predicted octanol–water partition coefficient (Wildman–Crippen LogP) is 2.54. The zero-order chi connectivity index (χ0) is 7.38. The van der Waals surface area contributed by atoms with Crippen molar-refractivity contribution in [2.45, 2.75) is 26.7 Å². The standard InChI is InChI=1S/C11H16/c1-5(2)9-6-3-11(9)4-7-8(6)10(7)11/h5-10H,3-4H2,1-2H3. The number of hydrogen-bond donors (Lipinski definition) is 0. The molecule has 5 aliphatic carbocycles. The summed E-state index contributed by atoms with van der Waals surface area (Å²) < 4.78 is 0. The van der Waals surface area contributed by atoms with Crippen LogP contribution >= 0.6 is 0 Å². The van der Waals surface area contributed by atoms with Gasteiger partial charge in [-0.3, -0.25) is 0 Å². The van der Waals surface area contributed by atoms with Gasteiger partial charge in [0.25, 0.3) is 0 Å². The molecule has 0 radical (unpaired) electrons. The highest BCUT2D eigenvalue weighted by molar-refractivity contribution is 5.35. The lowest BCUT2D eigenvalue weighted by Gasteiger charge is -2.61. The molecule has 6 atom stereocenters. The molecule has 0 heteroatoms. The quantitative estimate of drug-likeness (QED) is 0.536. The van der Waals surface area contributed by atoms with Gasteiger partial charge in [0, 0.05) is 0 Å². The molecule has 0 saturated heterocycles. The minimum Gasteiger partial charge on any atom is -0.0625 e. The molecule has 0 N–H and O–H groups in total. The van der Waals surface area contributed by atoms with Crippen LogP contribution < -0.4 is 0 Å². The van der Waals surface area contributed by atoms with Crippen LogP contribution in [0.25, 0.3) is 0 Å². The second-order valence-corrected chi connectivity index (χ2v) is 5.84. The van der Waals surface area contributed by atoms with Gasteiger partial charge < -0.3 is 0 Å². The molecule has 0 nitrogen and oxygen atoms in total. The van der Waals surface area contributed by atoms with E-state index in [2.05, 4.69) is 13.8 Å². The van der Waals surface area contributed by atoms with Crippen molar-refractivity contribution in [3.05, 3.63) is 0 Å². The molecule has 0 aliphatic heterocycles. The van der Waals surface area contributed by atoms with Crippen molar-refractivity contribution in [2.75, 3.05) is 0 Å². The highest BCUT2D eigenvalue weighted by Crippen LogP contribution is 2.93. The second kappa shape index (κ2) is 1.20. The Morgan fingerprint density at radius 3 is 2.18 bits per heavy atom. The molecule has 5 rings (SSSR count). The van der Waals surface area contributed by atoms with Gasteiger partial charge in [-0.05, 0) is 53.8 Å². The summed E-state index contributed by atoms with van der Waals surface area (Å²) >= 11 is 0. The summed E-state index contributed by atoms with van der Waals surface area (Å²) in [6.45, 7) is 4.88. The third-order valence-electron chi connectivity index (χ3n) is 5.46. The normalized spacial score (nSPS) is 73.9. The Bertz CT molecular complexity index is 234. The van der Waals surface area contributed by atoms with Crippen LogP contribution in [0.1, 0.15) is 26.7 Å². The summed E-state index contributed by atoms with van der Waals surface area (Å²) in [5.74, 6) is 7.13. The summed E-state index contributed by atoms with van der Waals surface area (Å²) in [4.78, 5) is 0. The van der Waals surface area contributed by atoms with Crippen LogP contribution in [0.5, 0.6) is 0 Å². The van der Waals surface area contributed by atoms with E-state index in [1.807, 2.05) is 0 Å². The van der Waals surface area contributed by atoms with E-state index in [0.717, 1.165) is 11.3 Å². The first kappa shape index (κ1) is 5.61. The topological polar surface area (TPSA) is 0 Å². The van der Waals surface area contributed by atoms with Gasteiger partial charge in [0.1, 0.15) is 0 Å². The Hall–Kier alpha value is 0. The molecular weight excluding hydrogens is 132 g/mol. The molecule has 0 amide bonds. The Morgan fingerprint density at radius 1 is 1.18 bits per heavy atom. The largest absolute Gasteiger partial charge is 0.0625 e. The Balaban J connectivity index is 1.79. The number of rotatable bonds is 1. The zero-order valence-corrected chi connectivity index (χ0v) is 7.38. The van der Waals surface area contributed by atoms with Gasteiger partial charge >= 0.3 is 0 Å². The van der Waals surface area contributed by atoms with Gasteiger partial charge in [-0.25, -0.2) is 0 Å². The summed E-state index contributed by atoms with van der Waals surface area (Å²) in [5.41, 5.74) is 0.953. The Labute approximate surface area is 68.4 Å². The summed E-state index contributed by atoms with van der Waals surface area (Å²) in [6.07, 6.45) is 3.28. The maximum absolute atomic E-state index is 2.44. The summed E-state index contributed by atoms with van der Waals surface area (Å²) in [7, 11) is 0. The minimum atomic E-state index is 0.953. The molecule has 0 heterocycles. The van der Waals surface area contributed by atoms with Crippen molar-refractivity contribution in [1.82, 2.24) is 0 Å². The summed E-state index contributed by atoms with van der Waals surface area (Å²) in [5, 5.41) is 0. The lowest BCUT2D eigenvalue weighted by Crippen LogP contribution is -2.54. The van der Waals surface area contributed by atoms with Crippen LogP contribution in [-0.2, 0) is 0 Å². The molecule has 0 aromatic rings. The average Bonchev–Trinajstić information content (AvgIpc) is 2.19. The molecule has 11 heavy (non-hydrogen) atoms. The lowest BCUT2D eigenvalue weighted by molar-refractivity contribution is -0.124. The number of hydrogen-bond acceptors (Lipinski definition) is 0. The van der Waals surface area contributed by atoms with Crippen molar-refractivity contribution < 1.29 is 0 Å². The van der Waals surface area contributed by atoms with E-state index < -0.39 is 0 Å². The average molecular weight is 148 g/mol. The van der Waals surface area contributed by atoms with E-state index in [-0.39, 0.29) is 0 Å². The first-order chi connectivity index (χ1) is 5.26. The minimum absolute atomic E-state index is 0.953. The molecule has 5 aliphatic rings. The molecule has 1 spiro atoms. The smallest absolute Gasteiger partial charge is 0.0224 e. The molecular formula is C11H16. The van der Waals surface area contributed by atoms with Crippen molar-refractivity contribution in [2.24, 2.45) is 40.9 Å². The van der Waals surface area contributed by atoms with E-state index in [1.165, 1.54) is 29.6 Å². The molecule has 5 saturated carbocycles. The Kier molecular flexibility index (Phi) is 0.611. The molecule has 5 fully saturated rings. The van der Waals surface area contributed by atoms with Crippen molar-refractivity contribution in [3.8, 4) is 0 Å². The van der Waals surface area contributed by atoms with Gasteiger partial charge in [-0.15, -0.1) is 0 Å². The fraction of sp³-hybridized carbons (Fsp3) is 1.00. The van der Waals surface area contributed by atoms with E-state index >= 15 is 0 Å². The van der Waals surface area contributed by atoms with E-state index in [1.54, 1.807) is 12.8 Å². The predicted molar refractivity (Wildman–Crippen MR) is 44.0 cm³/mol. The SMILES string of the molecule is CC(C)C1C2CC13CC1C2C13. The van der Waals surface area contributed by atoms with Crippen LogP contribution in [0.3, 0.4) is 0 Å². The zero-order valence-electron chi connectivity index (χ0n) is 7.38. The van der Waals surface area contributed by atoms with Crippen LogP contribution in [0.2, 0.25) is 0 Å². The maximum atomic E-state index is 2.44. The fourth-order valence-electron chi connectivity index (χ4n) is 5.55. The van der Waals surface area contributed by atoms with Crippen LogP contribution in [0, 0.1) is 40.9 Å². The second-order valence-electron chi connectivity index (χ2n) is 5.84. The van der Waals surface area contributed by atoms with E-state index in [9.17, 15) is 0 Å². The van der Waals surface area contributed by atoms with Gasteiger partial charge in [0.2, 0.25) is 0 Å². The highest BCUT2D eigenvalue weighted by atomic mass is 14.9. The van der Waals surface area contributed by atoms with Crippen molar-refractivity contribution >= 4 is 0 Å². The molecule has 2 bridgehead atoms. The molecule has 6 unspecified atom stereocenters. The molecule has 0 aromatic heterocycles. The first-order valence-electron chi connectivity index (χ1n) is 5.26. The Morgan fingerprint density at radius 2 is 1.91 bits per heavy atom. The third kappa shape index (κ3) is 0.331. The van der Waals surface area contributed by atoms with E-state index in [4.69, 9.17) is 0 Å². The monoisotopic (exact) mass is 148 g/mol. The van der Waals surface area contributed by atoms with Crippen molar-refractivity contribution in [1.29, 1.82) is 0 Å². The van der Waals surface area contributed by atoms with E-state index in [0.29, 0.717) is 0 Å².